The lowest BCUT2D eigenvalue weighted by atomic mass is 10.1. The summed E-state index contributed by atoms with van der Waals surface area (Å²) in [6.07, 6.45) is 2.40. The first-order chi connectivity index (χ1) is 10.4. The highest BCUT2D eigenvalue weighted by atomic mass is 32.2. The lowest BCUT2D eigenvalue weighted by molar-refractivity contribution is -0.130. The minimum atomic E-state index is -3.57. The van der Waals surface area contributed by atoms with Gasteiger partial charge in [-0.15, -0.1) is 0 Å². The number of rotatable bonds is 5. The fraction of sp³-hybridized carbons (Fsp3) is 0.467. The number of amidine groups is 1. The van der Waals surface area contributed by atoms with Crippen LogP contribution in [0, 0.1) is 0 Å². The molecule has 0 aromatic heterocycles. The molecule has 0 bridgehead atoms. The maximum atomic E-state index is 12.3. The van der Waals surface area contributed by atoms with Gasteiger partial charge in [-0.3, -0.25) is 14.5 Å². The van der Waals surface area contributed by atoms with Crippen molar-refractivity contribution in [3.05, 3.63) is 29.8 Å². The van der Waals surface area contributed by atoms with Gasteiger partial charge in [0, 0.05) is 19.7 Å². The first-order valence-electron chi connectivity index (χ1n) is 7.28. The largest absolute Gasteiger partial charge is 0.347 e. The zero-order valence-electron chi connectivity index (χ0n) is 13.0. The van der Waals surface area contributed by atoms with Crippen molar-refractivity contribution >= 4 is 21.8 Å². The average molecular weight is 323 g/mol. The summed E-state index contributed by atoms with van der Waals surface area (Å²) in [5.74, 6) is 0.136. The zero-order chi connectivity index (χ0) is 16.3. The van der Waals surface area contributed by atoms with E-state index in [1.165, 1.54) is 11.0 Å². The number of hydrogen-bond donors (Lipinski definition) is 1. The lowest BCUT2D eigenvalue weighted by Crippen LogP contribution is -2.34. The van der Waals surface area contributed by atoms with Crippen molar-refractivity contribution in [2.24, 2.45) is 4.99 Å². The molecule has 1 atom stereocenters. The monoisotopic (exact) mass is 323 g/mol. The first kappa shape index (κ1) is 16.5. The lowest BCUT2D eigenvalue weighted by Gasteiger charge is -2.17. The maximum Gasteiger partial charge on any atom is 0.263 e. The van der Waals surface area contributed by atoms with Gasteiger partial charge in [-0.25, -0.2) is 8.42 Å². The fourth-order valence-corrected chi connectivity index (χ4v) is 3.56. The van der Waals surface area contributed by atoms with Crippen LogP contribution in [-0.4, -0.2) is 45.2 Å². The highest BCUT2D eigenvalue weighted by Gasteiger charge is 2.31. The third-order valence-electron chi connectivity index (χ3n) is 3.50. The van der Waals surface area contributed by atoms with Crippen molar-refractivity contribution in [1.82, 2.24) is 9.62 Å². The number of aliphatic imine (C=N–C) groups is 1. The SMILES string of the molecule is CCCC[C@@H](N=C1NS(=O)(=O)c2ccccc21)C(=O)N(C)C. The van der Waals surface area contributed by atoms with Gasteiger partial charge in [-0.05, 0) is 18.6 Å². The second-order valence-corrected chi connectivity index (χ2v) is 7.12. The number of likely N-dealkylation sites (N-methyl/N-ethyl adjacent to an activating group) is 1. The smallest absolute Gasteiger partial charge is 0.263 e. The van der Waals surface area contributed by atoms with Crippen molar-refractivity contribution in [2.45, 2.75) is 37.1 Å². The van der Waals surface area contributed by atoms with Crippen LogP contribution in [0.1, 0.15) is 31.7 Å². The predicted octanol–water partition coefficient (Wildman–Crippen LogP) is 1.37. The van der Waals surface area contributed by atoms with E-state index in [1.807, 2.05) is 6.92 Å². The Labute approximate surface area is 131 Å². The summed E-state index contributed by atoms with van der Waals surface area (Å²) in [7, 11) is -0.223. The molecule has 1 amide bonds. The van der Waals surface area contributed by atoms with Gasteiger partial charge < -0.3 is 4.90 Å². The van der Waals surface area contributed by atoms with Crippen LogP contribution >= 0.6 is 0 Å². The number of nitrogens with one attached hydrogen (secondary N) is 1. The van der Waals surface area contributed by atoms with E-state index >= 15 is 0 Å². The quantitative estimate of drug-likeness (QED) is 0.889. The first-order valence-corrected chi connectivity index (χ1v) is 8.76. The Morgan fingerprint density at radius 3 is 2.64 bits per heavy atom. The third kappa shape index (κ3) is 3.30. The van der Waals surface area contributed by atoms with Crippen molar-refractivity contribution in [2.75, 3.05) is 14.1 Å². The van der Waals surface area contributed by atoms with Crippen LogP contribution in [-0.2, 0) is 14.8 Å². The Morgan fingerprint density at radius 1 is 1.32 bits per heavy atom. The molecule has 0 unspecified atom stereocenters. The number of sulfonamides is 1. The molecule has 0 fully saturated rings. The predicted molar refractivity (Wildman–Crippen MR) is 85.3 cm³/mol. The number of fused-ring (bicyclic) bond motifs is 1. The van der Waals surface area contributed by atoms with Crippen LogP contribution in [0.2, 0.25) is 0 Å². The number of benzene rings is 1. The van der Waals surface area contributed by atoms with E-state index in [0.717, 1.165) is 12.8 Å². The van der Waals surface area contributed by atoms with Crippen LogP contribution in [0.15, 0.2) is 34.2 Å². The van der Waals surface area contributed by atoms with Crippen molar-refractivity contribution < 1.29 is 13.2 Å². The van der Waals surface area contributed by atoms with Gasteiger partial charge in [0.2, 0.25) is 5.91 Å². The average Bonchev–Trinajstić information content (AvgIpc) is 2.74. The molecule has 120 valence electrons. The summed E-state index contributed by atoms with van der Waals surface area (Å²) < 4.78 is 26.6. The second kappa shape index (κ2) is 6.48. The molecule has 6 nitrogen and oxygen atoms in total. The minimum Gasteiger partial charge on any atom is -0.347 e. The molecule has 1 aromatic rings. The van der Waals surface area contributed by atoms with Crippen LogP contribution in [0.3, 0.4) is 0 Å². The molecule has 2 rings (SSSR count). The van der Waals surface area contributed by atoms with Crippen LogP contribution in [0.5, 0.6) is 0 Å². The van der Waals surface area contributed by atoms with Crippen molar-refractivity contribution in [1.29, 1.82) is 0 Å². The Bertz CT molecular complexity index is 696. The van der Waals surface area contributed by atoms with E-state index < -0.39 is 16.1 Å². The molecule has 0 spiro atoms. The molecular formula is C15H21N3O3S. The summed E-state index contributed by atoms with van der Waals surface area (Å²) in [4.78, 5) is 18.4. The number of carbonyl (C=O) groups is 1. The maximum absolute atomic E-state index is 12.3. The Kier molecular flexibility index (Phi) is 4.85. The summed E-state index contributed by atoms with van der Waals surface area (Å²) in [6, 6.07) is 6.09. The normalized spacial score (nSPS) is 18.6. The molecule has 1 aromatic carbocycles. The number of nitrogens with zero attached hydrogens (tertiary/aromatic N) is 2. The molecule has 0 aliphatic carbocycles. The number of unbranched alkanes of at least 4 members (excludes halogenated alkanes) is 1. The fourth-order valence-electron chi connectivity index (χ4n) is 2.32. The highest BCUT2D eigenvalue weighted by molar-refractivity contribution is 7.90. The summed E-state index contributed by atoms with van der Waals surface area (Å²) >= 11 is 0. The highest BCUT2D eigenvalue weighted by Crippen LogP contribution is 2.23. The van der Waals surface area contributed by atoms with Crippen LogP contribution in [0.4, 0.5) is 0 Å². The Morgan fingerprint density at radius 2 is 2.00 bits per heavy atom. The van der Waals surface area contributed by atoms with Gasteiger partial charge >= 0.3 is 0 Å². The molecular weight excluding hydrogens is 302 g/mol. The molecule has 1 N–H and O–H groups in total. The van der Waals surface area contributed by atoms with Gasteiger partial charge in [0.25, 0.3) is 10.0 Å². The molecule has 1 aliphatic heterocycles. The van der Waals surface area contributed by atoms with Gasteiger partial charge in [0.15, 0.2) is 0 Å². The van der Waals surface area contributed by atoms with Crippen LogP contribution in [0.25, 0.3) is 0 Å². The molecule has 22 heavy (non-hydrogen) atoms. The van der Waals surface area contributed by atoms with E-state index in [4.69, 9.17) is 0 Å². The number of hydrogen-bond acceptors (Lipinski definition) is 4. The zero-order valence-corrected chi connectivity index (χ0v) is 13.9. The summed E-state index contributed by atoms with van der Waals surface area (Å²) in [5.41, 5.74) is 0.524. The van der Waals surface area contributed by atoms with E-state index in [1.54, 1.807) is 32.3 Å². The number of carbonyl (C=O) groups excluding carboxylic acids is 1. The topological polar surface area (TPSA) is 78.8 Å². The molecule has 1 heterocycles. The van der Waals surface area contributed by atoms with Crippen LogP contribution < -0.4 is 4.72 Å². The molecule has 0 radical (unpaired) electrons. The standard InChI is InChI=1S/C15H21N3O3S/c1-4-5-9-12(15(19)18(2)3)16-14-11-8-6-7-10-13(11)22(20,21)17-14/h6-8,10,12H,4-5,9H2,1-3H3,(H,16,17)/t12-/m1/s1. The van der Waals surface area contributed by atoms with Gasteiger partial charge in [0.1, 0.15) is 11.9 Å². The van der Waals surface area contributed by atoms with Crippen molar-refractivity contribution in [3.63, 3.8) is 0 Å². The minimum absolute atomic E-state index is 0.121. The Balaban J connectivity index is 2.40. The van der Waals surface area contributed by atoms with Gasteiger partial charge in [0.05, 0.1) is 4.90 Å². The summed E-state index contributed by atoms with van der Waals surface area (Å²) in [6.45, 7) is 2.04. The molecule has 0 saturated heterocycles. The van der Waals surface area contributed by atoms with E-state index in [-0.39, 0.29) is 16.6 Å². The number of amides is 1. The van der Waals surface area contributed by atoms with Gasteiger partial charge in [-0.1, -0.05) is 31.9 Å². The van der Waals surface area contributed by atoms with E-state index in [0.29, 0.717) is 12.0 Å². The molecule has 1 aliphatic rings. The van der Waals surface area contributed by atoms with E-state index in [9.17, 15) is 13.2 Å². The summed E-state index contributed by atoms with van der Waals surface area (Å²) in [5, 5.41) is 0. The van der Waals surface area contributed by atoms with E-state index in [2.05, 4.69) is 9.71 Å². The Hall–Kier alpha value is -1.89. The second-order valence-electron chi connectivity index (χ2n) is 5.47. The molecule has 0 saturated carbocycles. The van der Waals surface area contributed by atoms with Gasteiger partial charge in [-0.2, -0.15) is 0 Å². The molecule has 7 heteroatoms. The van der Waals surface area contributed by atoms with Crippen molar-refractivity contribution in [3.8, 4) is 0 Å². The third-order valence-corrected chi connectivity index (χ3v) is 4.90.